The van der Waals surface area contributed by atoms with Gasteiger partial charge in [-0.15, -0.1) is 11.3 Å². The van der Waals surface area contributed by atoms with Gasteiger partial charge >= 0.3 is 0 Å². The minimum Gasteiger partial charge on any atom is -0.350 e. The molecule has 0 spiro atoms. The number of hydrogen-bond donors (Lipinski definition) is 1. The molecule has 1 N–H and O–H groups in total. The van der Waals surface area contributed by atoms with Crippen molar-refractivity contribution in [2.24, 2.45) is 0 Å². The fourth-order valence-corrected chi connectivity index (χ4v) is 5.05. The van der Waals surface area contributed by atoms with Gasteiger partial charge in [-0.3, -0.25) is 9.69 Å². The van der Waals surface area contributed by atoms with Crippen molar-refractivity contribution in [2.45, 2.75) is 23.8 Å². The van der Waals surface area contributed by atoms with Gasteiger partial charge in [0.05, 0.1) is 10.9 Å². The summed E-state index contributed by atoms with van der Waals surface area (Å²) in [5, 5.41) is 5.04. The number of benzene rings is 1. The van der Waals surface area contributed by atoms with Crippen LogP contribution in [0.5, 0.6) is 0 Å². The zero-order valence-electron chi connectivity index (χ0n) is 15.6. The van der Waals surface area contributed by atoms with Crippen LogP contribution in [0.25, 0.3) is 0 Å². The molecule has 146 valence electrons. The van der Waals surface area contributed by atoms with Gasteiger partial charge in [0.15, 0.2) is 0 Å². The summed E-state index contributed by atoms with van der Waals surface area (Å²) in [6.45, 7) is 2.58. The first kappa shape index (κ1) is 20.0. The molecule has 1 fully saturated rings. The van der Waals surface area contributed by atoms with Crippen LogP contribution in [0.3, 0.4) is 0 Å². The third-order valence-electron chi connectivity index (χ3n) is 4.78. The van der Waals surface area contributed by atoms with Crippen LogP contribution in [-0.4, -0.2) is 57.3 Å². The Morgan fingerprint density at radius 1 is 1.22 bits per heavy atom. The van der Waals surface area contributed by atoms with Crippen LogP contribution in [-0.2, 0) is 10.0 Å². The van der Waals surface area contributed by atoms with Crippen LogP contribution in [0, 0.1) is 0 Å². The van der Waals surface area contributed by atoms with Crippen molar-refractivity contribution in [3.05, 3.63) is 52.2 Å². The van der Waals surface area contributed by atoms with Crippen molar-refractivity contribution < 1.29 is 13.2 Å². The highest BCUT2D eigenvalue weighted by molar-refractivity contribution is 7.89. The lowest BCUT2D eigenvalue weighted by molar-refractivity contribution is 0.0938. The second-order valence-electron chi connectivity index (χ2n) is 6.80. The molecular formula is C19H25N3O3S2. The molecule has 3 rings (SSSR count). The Morgan fingerprint density at radius 3 is 2.59 bits per heavy atom. The molecule has 8 heteroatoms. The Bertz CT molecular complexity index is 873. The number of carbonyl (C=O) groups excluding carboxylic acids is 1. The number of nitrogens with zero attached hydrogens (tertiary/aromatic N) is 2. The summed E-state index contributed by atoms with van der Waals surface area (Å²) in [5.41, 5.74) is 0.351. The molecule has 2 aromatic rings. The van der Waals surface area contributed by atoms with E-state index in [0.29, 0.717) is 12.1 Å². The zero-order chi connectivity index (χ0) is 19.4. The second kappa shape index (κ2) is 8.52. The summed E-state index contributed by atoms with van der Waals surface area (Å²) in [4.78, 5) is 16.4. The average molecular weight is 408 g/mol. The number of nitrogens with one attached hydrogen (secondary N) is 1. The minimum atomic E-state index is -3.57. The van der Waals surface area contributed by atoms with E-state index in [0.717, 1.165) is 17.4 Å². The average Bonchev–Trinajstić information content (AvgIpc) is 3.36. The molecule has 0 bridgehead atoms. The summed E-state index contributed by atoms with van der Waals surface area (Å²) in [6, 6.07) is 10.5. The topological polar surface area (TPSA) is 69.7 Å². The Kier molecular flexibility index (Phi) is 6.31. The Morgan fingerprint density at radius 2 is 1.96 bits per heavy atom. The van der Waals surface area contributed by atoms with Crippen LogP contribution >= 0.6 is 11.3 Å². The lowest BCUT2D eigenvalue weighted by Crippen LogP contribution is -2.36. The molecule has 1 amide bonds. The van der Waals surface area contributed by atoms with E-state index in [1.54, 1.807) is 23.5 Å². The maximum atomic E-state index is 12.6. The summed E-state index contributed by atoms with van der Waals surface area (Å²) in [5.74, 6) is -0.258. The number of thiophene rings is 1. The summed E-state index contributed by atoms with van der Waals surface area (Å²) < 4.78 is 25.7. The summed E-state index contributed by atoms with van der Waals surface area (Å²) >= 11 is 1.70. The molecule has 1 aromatic heterocycles. The normalized spacial score (nSPS) is 16.6. The molecule has 2 heterocycles. The maximum Gasteiger partial charge on any atom is 0.251 e. The first-order valence-electron chi connectivity index (χ1n) is 8.98. The number of carbonyl (C=O) groups is 1. The summed E-state index contributed by atoms with van der Waals surface area (Å²) in [6.07, 6.45) is 2.36. The highest BCUT2D eigenvalue weighted by Crippen LogP contribution is 2.28. The van der Waals surface area contributed by atoms with Gasteiger partial charge in [-0.05, 0) is 55.6 Å². The Labute approximate surface area is 164 Å². The van der Waals surface area contributed by atoms with Crippen molar-refractivity contribution in [3.8, 4) is 0 Å². The van der Waals surface area contributed by atoms with Crippen LogP contribution < -0.4 is 5.32 Å². The van der Waals surface area contributed by atoms with Crippen LogP contribution in [0.4, 0.5) is 0 Å². The lowest BCUT2D eigenvalue weighted by atomic mass is 10.2. The molecule has 1 saturated heterocycles. The molecule has 1 aliphatic heterocycles. The van der Waals surface area contributed by atoms with Crippen molar-refractivity contribution in [1.82, 2.24) is 14.5 Å². The van der Waals surface area contributed by atoms with E-state index >= 15 is 0 Å². The van der Waals surface area contributed by atoms with E-state index in [2.05, 4.69) is 21.7 Å². The Hall–Kier alpha value is -1.74. The SMILES string of the molecule is CN(C)S(=O)(=O)c1cccc(C(=O)NC[C@H](c2cccs2)N2CCCC2)c1. The minimum absolute atomic E-state index is 0.120. The predicted molar refractivity (Wildman–Crippen MR) is 108 cm³/mol. The van der Waals surface area contributed by atoms with E-state index in [1.807, 2.05) is 6.07 Å². The quantitative estimate of drug-likeness (QED) is 0.766. The smallest absolute Gasteiger partial charge is 0.251 e. The largest absolute Gasteiger partial charge is 0.350 e. The fraction of sp³-hybridized carbons (Fsp3) is 0.421. The molecule has 0 aliphatic carbocycles. The van der Waals surface area contributed by atoms with E-state index in [9.17, 15) is 13.2 Å². The molecule has 0 unspecified atom stereocenters. The van der Waals surface area contributed by atoms with Gasteiger partial charge in [0.1, 0.15) is 0 Å². The first-order valence-corrected chi connectivity index (χ1v) is 11.3. The summed E-state index contributed by atoms with van der Waals surface area (Å²) in [7, 11) is -0.614. The Balaban J connectivity index is 1.73. The van der Waals surface area contributed by atoms with Gasteiger partial charge in [0.2, 0.25) is 10.0 Å². The van der Waals surface area contributed by atoms with Crippen molar-refractivity contribution >= 4 is 27.3 Å². The van der Waals surface area contributed by atoms with Gasteiger partial charge in [0.25, 0.3) is 5.91 Å². The van der Waals surface area contributed by atoms with Crippen molar-refractivity contribution in [2.75, 3.05) is 33.7 Å². The highest BCUT2D eigenvalue weighted by Gasteiger charge is 2.25. The maximum absolute atomic E-state index is 12.6. The molecular weight excluding hydrogens is 382 g/mol. The number of amides is 1. The van der Waals surface area contributed by atoms with Gasteiger partial charge in [-0.25, -0.2) is 12.7 Å². The second-order valence-corrected chi connectivity index (χ2v) is 9.93. The van der Waals surface area contributed by atoms with E-state index < -0.39 is 10.0 Å². The molecule has 0 radical (unpaired) electrons. The van der Waals surface area contributed by atoms with Crippen LogP contribution in [0.1, 0.15) is 34.1 Å². The highest BCUT2D eigenvalue weighted by atomic mass is 32.2. The molecule has 1 aromatic carbocycles. The molecule has 0 saturated carbocycles. The number of likely N-dealkylation sites (tertiary alicyclic amines) is 1. The molecule has 1 aliphatic rings. The van der Waals surface area contributed by atoms with E-state index in [-0.39, 0.29) is 16.8 Å². The van der Waals surface area contributed by atoms with Crippen LogP contribution in [0.2, 0.25) is 0 Å². The van der Waals surface area contributed by atoms with Gasteiger partial charge in [0, 0.05) is 31.1 Å². The van der Waals surface area contributed by atoms with E-state index in [4.69, 9.17) is 0 Å². The fourth-order valence-electron chi connectivity index (χ4n) is 3.24. The van der Waals surface area contributed by atoms with Gasteiger partial charge in [-0.2, -0.15) is 0 Å². The number of hydrogen-bond acceptors (Lipinski definition) is 5. The van der Waals surface area contributed by atoms with Crippen LogP contribution in [0.15, 0.2) is 46.7 Å². The molecule has 27 heavy (non-hydrogen) atoms. The lowest BCUT2D eigenvalue weighted by Gasteiger charge is -2.27. The molecule has 1 atom stereocenters. The predicted octanol–water partition coefficient (Wildman–Crippen LogP) is 2.57. The third kappa shape index (κ3) is 4.57. The number of rotatable bonds is 7. The van der Waals surface area contributed by atoms with Crippen molar-refractivity contribution in [3.63, 3.8) is 0 Å². The third-order valence-corrected chi connectivity index (χ3v) is 7.57. The van der Waals surface area contributed by atoms with Gasteiger partial charge < -0.3 is 5.32 Å². The number of sulfonamides is 1. The first-order chi connectivity index (χ1) is 12.9. The van der Waals surface area contributed by atoms with Crippen molar-refractivity contribution in [1.29, 1.82) is 0 Å². The zero-order valence-corrected chi connectivity index (χ0v) is 17.2. The molecule has 6 nitrogen and oxygen atoms in total. The standard InChI is InChI=1S/C19H25N3O3S2/c1-21(2)27(24,25)16-8-5-7-15(13-16)19(23)20-14-17(18-9-6-12-26-18)22-10-3-4-11-22/h5-9,12-13,17H,3-4,10-11,14H2,1-2H3,(H,20,23)/t17-/m1/s1. The van der Waals surface area contributed by atoms with E-state index in [1.165, 1.54) is 43.9 Å². The van der Waals surface area contributed by atoms with Gasteiger partial charge in [-0.1, -0.05) is 12.1 Å². The monoisotopic (exact) mass is 407 g/mol.